The van der Waals surface area contributed by atoms with Gasteiger partial charge < -0.3 is 4.57 Å². The van der Waals surface area contributed by atoms with Crippen LogP contribution in [0, 0.1) is 0 Å². The monoisotopic (exact) mass is 688 g/mol. The van der Waals surface area contributed by atoms with Crippen molar-refractivity contribution in [2.24, 2.45) is 0 Å². The van der Waals surface area contributed by atoms with Crippen LogP contribution in [0.5, 0.6) is 0 Å². The molecule has 2 aromatic heterocycles. The van der Waals surface area contributed by atoms with E-state index in [0.29, 0.717) is 33.9 Å². The Labute approximate surface area is 324 Å². The predicted octanol–water partition coefficient (Wildman–Crippen LogP) is 12.5. The average molecular weight is 689 g/mol. The van der Waals surface area contributed by atoms with Crippen molar-refractivity contribution < 1.29 is 16.4 Å². The summed E-state index contributed by atoms with van der Waals surface area (Å²) in [4.78, 5) is 15.1. The maximum atomic E-state index is 9.73. The van der Waals surface area contributed by atoms with Crippen LogP contribution < -0.4 is 0 Å². The average Bonchev–Trinajstić information content (AvgIpc) is 3.71. The van der Waals surface area contributed by atoms with E-state index >= 15 is 0 Å². The lowest BCUT2D eigenvalue weighted by Crippen LogP contribution is -2.05. The van der Waals surface area contributed by atoms with Crippen molar-refractivity contribution in [3.63, 3.8) is 0 Å². The molecule has 53 heavy (non-hydrogen) atoms. The molecule has 10 aromatic rings. The molecule has 10 rings (SSSR count). The van der Waals surface area contributed by atoms with Gasteiger partial charge in [0.2, 0.25) is 0 Å². The molecule has 0 saturated heterocycles. The lowest BCUT2D eigenvalue weighted by Gasteiger charge is -2.18. The first-order valence-corrected chi connectivity index (χ1v) is 16.9. The van der Waals surface area contributed by atoms with E-state index in [0.717, 1.165) is 16.3 Å². The molecule has 4 nitrogen and oxygen atoms in total. The highest BCUT2D eigenvalue weighted by Crippen LogP contribution is 2.42. The molecule has 0 radical (unpaired) electrons. The fourth-order valence-electron chi connectivity index (χ4n) is 6.73. The van der Waals surface area contributed by atoms with Gasteiger partial charge in [-0.2, -0.15) is 0 Å². The summed E-state index contributed by atoms with van der Waals surface area (Å²) in [5.74, 6) is 0.847. The van der Waals surface area contributed by atoms with Crippen LogP contribution in [-0.2, 0) is 0 Å². The molecule has 0 unspecified atom stereocenters. The third kappa shape index (κ3) is 5.45. The molecule has 0 amide bonds. The van der Waals surface area contributed by atoms with Crippen molar-refractivity contribution in [2.75, 3.05) is 0 Å². The summed E-state index contributed by atoms with van der Waals surface area (Å²) in [5.41, 5.74) is 2.15. The SMILES string of the molecule is [2H]c1c([2H])c([2H])c(-c2c([2H])c([2H])c3c(c2[2H])c2c([2H])c([2H])c([2H])c([2H])c2n3-c2cccc(-c3ccc4ccccc4c3)c2-c2nc(-c3ccccc3)nc(-c3ccccc3)n2)c([2H])c1[2H]. The van der Waals surface area contributed by atoms with Gasteiger partial charge in [-0.15, -0.1) is 0 Å². The molecular formula is C49H32N4. The summed E-state index contributed by atoms with van der Waals surface area (Å²) in [6.45, 7) is 0. The highest BCUT2D eigenvalue weighted by molar-refractivity contribution is 6.11. The smallest absolute Gasteiger partial charge is 0.166 e. The quantitative estimate of drug-likeness (QED) is 0.175. The van der Waals surface area contributed by atoms with Crippen molar-refractivity contribution in [3.8, 4) is 62.1 Å². The molecule has 2 heterocycles. The van der Waals surface area contributed by atoms with Gasteiger partial charge in [0.25, 0.3) is 0 Å². The van der Waals surface area contributed by atoms with E-state index in [4.69, 9.17) is 24.5 Å². The molecule has 0 aliphatic carbocycles. The van der Waals surface area contributed by atoms with E-state index in [-0.39, 0.29) is 33.3 Å². The number of nitrogens with zero attached hydrogens (tertiary/aromatic N) is 4. The highest BCUT2D eigenvalue weighted by atomic mass is 15.1. The Morgan fingerprint density at radius 3 is 1.81 bits per heavy atom. The molecule has 248 valence electrons. The van der Waals surface area contributed by atoms with Crippen LogP contribution in [0.4, 0.5) is 0 Å². The van der Waals surface area contributed by atoms with E-state index in [1.54, 1.807) is 12.1 Å². The van der Waals surface area contributed by atoms with Crippen molar-refractivity contribution in [2.45, 2.75) is 0 Å². The van der Waals surface area contributed by atoms with Crippen molar-refractivity contribution in [1.29, 1.82) is 0 Å². The third-order valence-electron chi connectivity index (χ3n) is 9.17. The fourth-order valence-corrected chi connectivity index (χ4v) is 6.73. The van der Waals surface area contributed by atoms with E-state index < -0.39 is 83.6 Å². The molecule has 0 aliphatic rings. The number of hydrogen-bond donors (Lipinski definition) is 0. The Hall–Kier alpha value is -7.17. The molecule has 8 aromatic carbocycles. The summed E-state index contributed by atoms with van der Waals surface area (Å²) >= 11 is 0. The van der Waals surface area contributed by atoms with Crippen LogP contribution in [0.1, 0.15) is 16.4 Å². The number of para-hydroxylation sites is 1. The van der Waals surface area contributed by atoms with Gasteiger partial charge in [-0.1, -0.05) is 164 Å². The molecule has 0 saturated carbocycles. The van der Waals surface area contributed by atoms with Crippen LogP contribution in [0.2, 0.25) is 0 Å². The standard InChI is InChI=1S/C49H32N4/c1-4-15-33(16-5-1)38-29-30-44-42(32-38)41-23-12-13-25-43(41)53(44)45-26-14-24-40(39-28-27-34-17-10-11-22-37(34)31-39)46(45)49-51-47(35-18-6-2-7-19-35)50-48(52-49)36-20-8-3-9-21-36/h1-32H/i1D,4D,5D,12D,13D,15D,16D,23D,25D,29D,30D,32D. The number of benzene rings is 8. The minimum Gasteiger partial charge on any atom is -0.308 e. The van der Waals surface area contributed by atoms with Crippen molar-refractivity contribution in [3.05, 3.63) is 194 Å². The van der Waals surface area contributed by atoms with Crippen LogP contribution in [-0.4, -0.2) is 19.5 Å². The first kappa shape index (κ1) is 20.6. The van der Waals surface area contributed by atoms with E-state index in [2.05, 4.69) is 0 Å². The van der Waals surface area contributed by atoms with E-state index in [9.17, 15) is 6.85 Å². The van der Waals surface area contributed by atoms with Gasteiger partial charge in [0.05, 0.1) is 38.7 Å². The Bertz CT molecular complexity index is 3550. The fraction of sp³-hybridized carbons (Fsp3) is 0. The minimum absolute atomic E-state index is 0.122. The zero-order valence-corrected chi connectivity index (χ0v) is 27.8. The maximum Gasteiger partial charge on any atom is 0.166 e. The molecule has 0 N–H and O–H groups in total. The van der Waals surface area contributed by atoms with Crippen LogP contribution in [0.3, 0.4) is 0 Å². The Morgan fingerprint density at radius 1 is 0.415 bits per heavy atom. The zero-order chi connectivity index (χ0) is 45.6. The molecule has 0 spiro atoms. The van der Waals surface area contributed by atoms with Gasteiger partial charge in [0.1, 0.15) is 0 Å². The largest absolute Gasteiger partial charge is 0.308 e. The summed E-state index contributed by atoms with van der Waals surface area (Å²) in [6, 6.07) is 30.4. The molecule has 0 atom stereocenters. The lowest BCUT2D eigenvalue weighted by molar-refractivity contribution is 1.06. The Morgan fingerprint density at radius 2 is 1.06 bits per heavy atom. The van der Waals surface area contributed by atoms with E-state index in [1.807, 2.05) is 109 Å². The van der Waals surface area contributed by atoms with Crippen LogP contribution >= 0.6 is 0 Å². The Kier molecular flexibility index (Phi) is 5.00. The molecule has 0 fully saturated rings. The topological polar surface area (TPSA) is 43.6 Å². The van der Waals surface area contributed by atoms with Crippen molar-refractivity contribution in [1.82, 2.24) is 19.5 Å². The predicted molar refractivity (Wildman–Crippen MR) is 219 cm³/mol. The zero-order valence-electron chi connectivity index (χ0n) is 39.8. The maximum absolute atomic E-state index is 9.73. The number of aromatic nitrogens is 4. The van der Waals surface area contributed by atoms with Crippen molar-refractivity contribution >= 4 is 32.6 Å². The highest BCUT2D eigenvalue weighted by Gasteiger charge is 2.23. The van der Waals surface area contributed by atoms with Gasteiger partial charge in [-0.25, -0.2) is 15.0 Å². The summed E-state index contributed by atoms with van der Waals surface area (Å²) in [6.07, 6.45) is 0. The lowest BCUT2D eigenvalue weighted by atomic mass is 9.95. The molecule has 0 aliphatic heterocycles. The summed E-state index contributed by atoms with van der Waals surface area (Å²) in [7, 11) is 0. The minimum atomic E-state index is -0.701. The molecule has 0 bridgehead atoms. The van der Waals surface area contributed by atoms with Gasteiger partial charge in [-0.05, 0) is 63.3 Å². The normalized spacial score (nSPS) is 14.6. The number of rotatable bonds is 6. The number of hydrogen-bond acceptors (Lipinski definition) is 3. The van der Waals surface area contributed by atoms with Crippen LogP contribution in [0.15, 0.2) is 194 Å². The molecule has 4 heteroatoms. The van der Waals surface area contributed by atoms with Gasteiger partial charge in [-0.3, -0.25) is 0 Å². The third-order valence-corrected chi connectivity index (χ3v) is 9.17. The second-order valence-electron chi connectivity index (χ2n) is 12.3. The Balaban J connectivity index is 1.41. The summed E-state index contributed by atoms with van der Waals surface area (Å²) < 4.78 is 109. The van der Waals surface area contributed by atoms with Gasteiger partial charge in [0.15, 0.2) is 17.5 Å². The second kappa shape index (κ2) is 12.9. The summed E-state index contributed by atoms with van der Waals surface area (Å²) in [5, 5.41) is 1.59. The second-order valence-corrected chi connectivity index (χ2v) is 12.3. The van der Waals surface area contributed by atoms with E-state index in [1.165, 1.54) is 4.57 Å². The van der Waals surface area contributed by atoms with Crippen LogP contribution in [0.25, 0.3) is 94.7 Å². The first-order chi connectivity index (χ1) is 31.3. The van der Waals surface area contributed by atoms with Gasteiger partial charge in [0, 0.05) is 21.9 Å². The number of fused-ring (bicyclic) bond motifs is 4. The molecular weight excluding hydrogens is 645 g/mol. The van der Waals surface area contributed by atoms with Gasteiger partial charge >= 0.3 is 0 Å². The first-order valence-electron chi connectivity index (χ1n) is 22.9.